The third-order valence-electron chi connectivity index (χ3n) is 2.21. The molecule has 0 saturated carbocycles. The molecule has 1 heterocycles. The van der Waals surface area contributed by atoms with E-state index in [0.717, 1.165) is 6.54 Å². The van der Waals surface area contributed by atoms with Crippen LogP contribution in [-0.2, 0) is 11.3 Å². The predicted octanol–water partition coefficient (Wildman–Crippen LogP) is -1.30. The van der Waals surface area contributed by atoms with Crippen molar-refractivity contribution in [3.05, 3.63) is 26.9 Å². The summed E-state index contributed by atoms with van der Waals surface area (Å²) < 4.78 is 6.61. The van der Waals surface area contributed by atoms with Gasteiger partial charge in [-0.2, -0.15) is 0 Å². The fraction of sp³-hybridized carbons (Fsp3) is 0.600. The second kappa shape index (κ2) is 6.21. The van der Waals surface area contributed by atoms with Gasteiger partial charge in [0.05, 0.1) is 19.8 Å². The highest BCUT2D eigenvalue weighted by Gasteiger charge is 2.02. The first-order valence-electron chi connectivity index (χ1n) is 5.33. The second-order valence-corrected chi connectivity index (χ2v) is 3.93. The molecule has 0 aliphatic carbocycles. The number of aromatic nitrogens is 2. The van der Waals surface area contributed by atoms with Crippen molar-refractivity contribution in [2.45, 2.75) is 6.54 Å². The minimum atomic E-state index is -0.508. The van der Waals surface area contributed by atoms with Crippen LogP contribution in [0, 0.1) is 0 Å². The van der Waals surface area contributed by atoms with Crippen molar-refractivity contribution in [1.82, 2.24) is 14.5 Å². The molecule has 0 aromatic carbocycles. The van der Waals surface area contributed by atoms with Gasteiger partial charge in [-0.05, 0) is 14.1 Å². The van der Waals surface area contributed by atoms with Crippen LogP contribution in [0.4, 0.5) is 5.82 Å². The van der Waals surface area contributed by atoms with Gasteiger partial charge in [0.2, 0.25) is 0 Å². The molecule has 7 heteroatoms. The summed E-state index contributed by atoms with van der Waals surface area (Å²) in [6, 6.07) is 1.18. The van der Waals surface area contributed by atoms with Crippen molar-refractivity contribution < 1.29 is 4.74 Å². The van der Waals surface area contributed by atoms with E-state index < -0.39 is 11.2 Å². The molecular formula is C10H18N4O3. The van der Waals surface area contributed by atoms with E-state index in [1.54, 1.807) is 0 Å². The molecule has 17 heavy (non-hydrogen) atoms. The number of anilines is 1. The minimum Gasteiger partial charge on any atom is -0.385 e. The van der Waals surface area contributed by atoms with Crippen molar-refractivity contribution in [2.75, 3.05) is 39.6 Å². The van der Waals surface area contributed by atoms with Gasteiger partial charge >= 0.3 is 5.69 Å². The number of rotatable bonds is 6. The number of H-pyrrole nitrogens is 1. The summed E-state index contributed by atoms with van der Waals surface area (Å²) >= 11 is 0. The van der Waals surface area contributed by atoms with Crippen LogP contribution in [0.1, 0.15) is 0 Å². The van der Waals surface area contributed by atoms with Crippen molar-refractivity contribution in [1.29, 1.82) is 0 Å². The van der Waals surface area contributed by atoms with Crippen molar-refractivity contribution in [2.24, 2.45) is 0 Å². The van der Waals surface area contributed by atoms with E-state index in [9.17, 15) is 9.59 Å². The van der Waals surface area contributed by atoms with E-state index >= 15 is 0 Å². The summed E-state index contributed by atoms with van der Waals surface area (Å²) in [6.07, 6.45) is 0. The summed E-state index contributed by atoms with van der Waals surface area (Å²) in [5.41, 5.74) is 4.57. The summed E-state index contributed by atoms with van der Waals surface area (Å²) in [5, 5.41) is 0. The molecule has 0 aliphatic heterocycles. The van der Waals surface area contributed by atoms with Crippen molar-refractivity contribution in [3.8, 4) is 0 Å². The zero-order valence-electron chi connectivity index (χ0n) is 10.1. The molecule has 96 valence electrons. The monoisotopic (exact) mass is 242 g/mol. The van der Waals surface area contributed by atoms with Crippen LogP contribution >= 0.6 is 0 Å². The minimum absolute atomic E-state index is 0.148. The average Bonchev–Trinajstić information content (AvgIpc) is 2.20. The summed E-state index contributed by atoms with van der Waals surface area (Å²) in [4.78, 5) is 26.5. The van der Waals surface area contributed by atoms with Gasteiger partial charge in [0, 0.05) is 12.6 Å². The van der Waals surface area contributed by atoms with Crippen molar-refractivity contribution in [3.63, 3.8) is 0 Å². The number of hydrogen-bond acceptors (Lipinski definition) is 5. The smallest absolute Gasteiger partial charge is 0.329 e. The fourth-order valence-electron chi connectivity index (χ4n) is 1.27. The van der Waals surface area contributed by atoms with Gasteiger partial charge in [-0.25, -0.2) is 4.79 Å². The summed E-state index contributed by atoms with van der Waals surface area (Å²) in [6.45, 7) is 2.11. The summed E-state index contributed by atoms with van der Waals surface area (Å²) in [5.74, 6) is 0.148. The highest BCUT2D eigenvalue weighted by atomic mass is 16.5. The number of nitrogen functional groups attached to an aromatic ring is 1. The number of nitrogens with two attached hydrogens (primary N) is 1. The lowest BCUT2D eigenvalue weighted by atomic mass is 10.5. The van der Waals surface area contributed by atoms with Gasteiger partial charge in [-0.15, -0.1) is 0 Å². The molecular weight excluding hydrogens is 224 g/mol. The average molecular weight is 242 g/mol. The Labute approximate surface area is 98.8 Å². The van der Waals surface area contributed by atoms with Crippen molar-refractivity contribution >= 4 is 5.82 Å². The van der Waals surface area contributed by atoms with E-state index in [2.05, 4.69) is 4.98 Å². The zero-order chi connectivity index (χ0) is 12.8. The Balaban J connectivity index is 2.47. The number of nitrogens with zero attached hydrogens (tertiary/aromatic N) is 2. The third kappa shape index (κ3) is 4.41. The standard InChI is InChI=1S/C10H18N4O3/c1-13(2)3-5-17-6-4-14-8(11)7-9(15)12-10(14)16/h7H,3-6,11H2,1-2H3,(H,12,15,16). The number of hydrogen-bond donors (Lipinski definition) is 2. The number of aromatic amines is 1. The largest absolute Gasteiger partial charge is 0.385 e. The van der Waals surface area contributed by atoms with Crippen LogP contribution in [0.2, 0.25) is 0 Å². The van der Waals surface area contributed by atoms with Gasteiger partial charge in [-0.3, -0.25) is 14.3 Å². The molecule has 1 rings (SSSR count). The first-order valence-corrected chi connectivity index (χ1v) is 5.33. The van der Waals surface area contributed by atoms with Crippen LogP contribution in [0.25, 0.3) is 0 Å². The number of ether oxygens (including phenoxy) is 1. The van der Waals surface area contributed by atoms with Crippen LogP contribution in [0.5, 0.6) is 0 Å². The second-order valence-electron chi connectivity index (χ2n) is 3.93. The maximum absolute atomic E-state index is 11.4. The molecule has 0 bridgehead atoms. The van der Waals surface area contributed by atoms with Gasteiger partial charge in [0.25, 0.3) is 5.56 Å². The molecule has 0 unspecified atom stereocenters. The lowest BCUT2D eigenvalue weighted by Gasteiger charge is -2.11. The molecule has 0 aliphatic rings. The molecule has 0 fully saturated rings. The van der Waals surface area contributed by atoms with Crippen LogP contribution in [-0.4, -0.2) is 48.3 Å². The molecule has 0 spiro atoms. The Bertz CT molecular complexity index is 463. The van der Waals surface area contributed by atoms with E-state index in [0.29, 0.717) is 19.8 Å². The Morgan fingerprint density at radius 2 is 2.12 bits per heavy atom. The lowest BCUT2D eigenvalue weighted by Crippen LogP contribution is -2.32. The molecule has 3 N–H and O–H groups in total. The SMILES string of the molecule is CN(C)CCOCCn1c(N)cc(=O)[nH]c1=O. The highest BCUT2D eigenvalue weighted by Crippen LogP contribution is 1.92. The lowest BCUT2D eigenvalue weighted by molar-refractivity contribution is 0.110. The molecule has 0 saturated heterocycles. The molecule has 0 atom stereocenters. The quantitative estimate of drug-likeness (QED) is 0.605. The highest BCUT2D eigenvalue weighted by molar-refractivity contribution is 5.25. The normalized spacial score (nSPS) is 11.0. The van der Waals surface area contributed by atoms with E-state index in [4.69, 9.17) is 10.5 Å². The van der Waals surface area contributed by atoms with E-state index in [-0.39, 0.29) is 5.82 Å². The number of likely N-dealkylation sites (N-methyl/N-ethyl adjacent to an activating group) is 1. The van der Waals surface area contributed by atoms with Gasteiger partial charge in [0.1, 0.15) is 5.82 Å². The molecule has 0 radical (unpaired) electrons. The Kier molecular flexibility index (Phi) is 4.92. The molecule has 7 nitrogen and oxygen atoms in total. The Morgan fingerprint density at radius 1 is 1.41 bits per heavy atom. The Hall–Kier alpha value is -1.60. The van der Waals surface area contributed by atoms with Crippen LogP contribution in [0.3, 0.4) is 0 Å². The molecule has 0 amide bonds. The summed E-state index contributed by atoms with van der Waals surface area (Å²) in [7, 11) is 3.90. The molecule has 1 aromatic rings. The maximum Gasteiger partial charge on any atom is 0.329 e. The van der Waals surface area contributed by atoms with Crippen LogP contribution in [0.15, 0.2) is 15.7 Å². The topological polar surface area (TPSA) is 93.3 Å². The fourth-order valence-corrected chi connectivity index (χ4v) is 1.27. The van der Waals surface area contributed by atoms with Gasteiger partial charge < -0.3 is 15.4 Å². The predicted molar refractivity (Wildman–Crippen MR) is 65.1 cm³/mol. The van der Waals surface area contributed by atoms with E-state index in [1.807, 2.05) is 19.0 Å². The maximum atomic E-state index is 11.4. The number of nitrogens with one attached hydrogen (secondary N) is 1. The Morgan fingerprint density at radius 3 is 2.71 bits per heavy atom. The van der Waals surface area contributed by atoms with Crippen LogP contribution < -0.4 is 17.0 Å². The first-order chi connectivity index (χ1) is 8.00. The third-order valence-corrected chi connectivity index (χ3v) is 2.21. The van der Waals surface area contributed by atoms with E-state index in [1.165, 1.54) is 10.6 Å². The zero-order valence-corrected chi connectivity index (χ0v) is 10.1. The van der Waals surface area contributed by atoms with Gasteiger partial charge in [-0.1, -0.05) is 0 Å². The molecule has 1 aromatic heterocycles. The van der Waals surface area contributed by atoms with Gasteiger partial charge in [0.15, 0.2) is 0 Å². The first kappa shape index (κ1) is 13.5.